The summed E-state index contributed by atoms with van der Waals surface area (Å²) in [4.78, 5) is 0.328. The van der Waals surface area contributed by atoms with Crippen LogP contribution >= 0.6 is 0 Å². The quantitative estimate of drug-likeness (QED) is 0.854. The zero-order valence-electron chi connectivity index (χ0n) is 12.7. The molecule has 0 aliphatic carbocycles. The Kier molecular flexibility index (Phi) is 5.24. The lowest BCUT2D eigenvalue weighted by atomic mass is 10.3. The van der Waals surface area contributed by atoms with Crippen LogP contribution in [0.3, 0.4) is 0 Å². The van der Waals surface area contributed by atoms with Gasteiger partial charge in [-0.15, -0.1) is 0 Å². The minimum Gasteiger partial charge on any atom is -0.346 e. The van der Waals surface area contributed by atoms with Crippen molar-refractivity contribution in [3.05, 3.63) is 18.0 Å². The highest BCUT2D eigenvalue weighted by atomic mass is 32.2. The van der Waals surface area contributed by atoms with Gasteiger partial charge in [0.15, 0.2) is 0 Å². The molecule has 1 saturated heterocycles. The summed E-state index contributed by atoms with van der Waals surface area (Å²) in [6.07, 6.45) is 1.71. The molecule has 2 heterocycles. The lowest BCUT2D eigenvalue weighted by Gasteiger charge is -2.25. The molecule has 1 N–H and O–H groups in total. The van der Waals surface area contributed by atoms with Gasteiger partial charge in [-0.05, 0) is 27.0 Å². The molecule has 1 aliphatic rings. The van der Waals surface area contributed by atoms with Crippen LogP contribution in [0.15, 0.2) is 17.2 Å². The predicted octanol–water partition coefficient (Wildman–Crippen LogP) is 0.541. The number of aromatic nitrogens is 1. The van der Waals surface area contributed by atoms with Crippen LogP contribution in [0.2, 0.25) is 0 Å². The summed E-state index contributed by atoms with van der Waals surface area (Å²) in [5.41, 5.74) is 0.951. The molecular weight excluding hydrogens is 310 g/mol. The molecule has 1 aliphatic heterocycles. The Bertz CT molecular complexity index is 613. The molecule has 0 radical (unpaired) electrons. The van der Waals surface area contributed by atoms with Gasteiger partial charge in [0, 0.05) is 59.9 Å². The molecule has 1 aromatic heterocycles. The normalized spacial score (nSPS) is 18.5. The second-order valence-electron chi connectivity index (χ2n) is 5.45. The van der Waals surface area contributed by atoms with E-state index in [1.54, 1.807) is 12.3 Å². The summed E-state index contributed by atoms with van der Waals surface area (Å²) in [6, 6.07) is 1.93. The molecule has 0 unspecified atom stereocenters. The topological polar surface area (TPSA) is 71.4 Å². The maximum absolute atomic E-state index is 12.7. The average molecular weight is 333 g/mol. The van der Waals surface area contributed by atoms with Gasteiger partial charge in [0.05, 0.1) is 0 Å². The van der Waals surface area contributed by atoms with Gasteiger partial charge in [0.1, 0.15) is 4.90 Å². The van der Waals surface area contributed by atoms with Crippen molar-refractivity contribution in [3.8, 4) is 0 Å². The summed E-state index contributed by atoms with van der Waals surface area (Å²) < 4.78 is 40.2. The standard InChI is InChI=1S/C13H23N3O3S2/c1-11(2)16-10-13(8-12(16)9-14-3)21(18,19)15-4-6-20(17)7-5-15/h8,10-11,14H,4-7,9H2,1-3H3. The molecule has 2 rings (SSSR count). The first-order valence-electron chi connectivity index (χ1n) is 7.06. The van der Waals surface area contributed by atoms with Crippen molar-refractivity contribution in [3.63, 3.8) is 0 Å². The van der Waals surface area contributed by atoms with E-state index in [4.69, 9.17) is 0 Å². The fourth-order valence-corrected chi connectivity index (χ4v) is 5.23. The third-order valence-electron chi connectivity index (χ3n) is 3.60. The lowest BCUT2D eigenvalue weighted by molar-refractivity contribution is 0.438. The first-order chi connectivity index (χ1) is 9.86. The molecule has 8 heteroatoms. The fraction of sp³-hybridized carbons (Fsp3) is 0.692. The largest absolute Gasteiger partial charge is 0.346 e. The molecule has 0 bridgehead atoms. The Morgan fingerprint density at radius 2 is 1.95 bits per heavy atom. The third kappa shape index (κ3) is 3.56. The minimum absolute atomic E-state index is 0.200. The number of nitrogens with zero attached hydrogens (tertiary/aromatic N) is 2. The van der Waals surface area contributed by atoms with E-state index in [1.807, 2.05) is 25.5 Å². The highest BCUT2D eigenvalue weighted by Crippen LogP contribution is 2.23. The van der Waals surface area contributed by atoms with Gasteiger partial charge in [-0.1, -0.05) is 0 Å². The smallest absolute Gasteiger partial charge is 0.244 e. The number of sulfonamides is 1. The average Bonchev–Trinajstić information content (AvgIpc) is 2.84. The Morgan fingerprint density at radius 1 is 1.33 bits per heavy atom. The van der Waals surface area contributed by atoms with Crippen LogP contribution in [-0.4, -0.2) is 53.1 Å². The molecule has 6 nitrogen and oxygen atoms in total. The van der Waals surface area contributed by atoms with E-state index in [-0.39, 0.29) is 6.04 Å². The van der Waals surface area contributed by atoms with E-state index in [0.29, 0.717) is 36.0 Å². The van der Waals surface area contributed by atoms with Crippen molar-refractivity contribution in [1.82, 2.24) is 14.2 Å². The van der Waals surface area contributed by atoms with E-state index < -0.39 is 20.8 Å². The maximum Gasteiger partial charge on any atom is 0.244 e. The first-order valence-corrected chi connectivity index (χ1v) is 9.99. The van der Waals surface area contributed by atoms with Gasteiger partial charge < -0.3 is 9.88 Å². The van der Waals surface area contributed by atoms with Crippen molar-refractivity contribution < 1.29 is 12.6 Å². The van der Waals surface area contributed by atoms with Crippen LogP contribution in [-0.2, 0) is 27.4 Å². The number of hydrogen-bond acceptors (Lipinski definition) is 4. The van der Waals surface area contributed by atoms with Crippen LogP contribution in [0, 0.1) is 0 Å². The molecular formula is C13H23N3O3S2. The van der Waals surface area contributed by atoms with Crippen LogP contribution < -0.4 is 5.32 Å². The van der Waals surface area contributed by atoms with Gasteiger partial charge in [-0.3, -0.25) is 4.21 Å². The zero-order chi connectivity index (χ0) is 15.6. The van der Waals surface area contributed by atoms with Crippen molar-refractivity contribution in [2.45, 2.75) is 31.3 Å². The molecule has 1 fully saturated rings. The van der Waals surface area contributed by atoms with Crippen LogP contribution in [0.25, 0.3) is 0 Å². The minimum atomic E-state index is -3.49. The second-order valence-corrected chi connectivity index (χ2v) is 9.08. The highest BCUT2D eigenvalue weighted by molar-refractivity contribution is 7.89. The van der Waals surface area contributed by atoms with Crippen LogP contribution in [0.5, 0.6) is 0 Å². The van der Waals surface area contributed by atoms with E-state index in [0.717, 1.165) is 5.69 Å². The monoisotopic (exact) mass is 333 g/mol. The first kappa shape index (κ1) is 16.7. The van der Waals surface area contributed by atoms with Gasteiger partial charge >= 0.3 is 0 Å². The predicted molar refractivity (Wildman–Crippen MR) is 84.2 cm³/mol. The maximum atomic E-state index is 12.7. The summed E-state index contributed by atoms with van der Waals surface area (Å²) >= 11 is 0. The molecule has 0 amide bonds. The number of rotatable bonds is 5. The Labute approximate surface area is 129 Å². The van der Waals surface area contributed by atoms with E-state index in [1.165, 1.54) is 4.31 Å². The molecule has 0 atom stereocenters. The fourth-order valence-electron chi connectivity index (χ4n) is 2.45. The molecule has 120 valence electrons. The zero-order valence-corrected chi connectivity index (χ0v) is 14.3. The summed E-state index contributed by atoms with van der Waals surface area (Å²) in [5, 5.41) is 3.06. The van der Waals surface area contributed by atoms with Crippen LogP contribution in [0.4, 0.5) is 0 Å². The van der Waals surface area contributed by atoms with Gasteiger partial charge in [-0.25, -0.2) is 8.42 Å². The van der Waals surface area contributed by atoms with E-state index in [2.05, 4.69) is 5.32 Å². The molecule has 0 saturated carbocycles. The summed E-state index contributed by atoms with van der Waals surface area (Å²) in [6.45, 7) is 5.35. The molecule has 0 aromatic carbocycles. The summed E-state index contributed by atoms with van der Waals surface area (Å²) in [7, 11) is -2.53. The Hall–Kier alpha value is -0.700. The molecule has 0 spiro atoms. The molecule has 1 aromatic rings. The molecule has 21 heavy (non-hydrogen) atoms. The van der Waals surface area contributed by atoms with E-state index in [9.17, 15) is 12.6 Å². The SMILES string of the molecule is CNCc1cc(S(=O)(=O)N2CCS(=O)CC2)cn1C(C)C. The lowest BCUT2D eigenvalue weighted by Crippen LogP contribution is -2.41. The van der Waals surface area contributed by atoms with E-state index >= 15 is 0 Å². The van der Waals surface area contributed by atoms with Gasteiger partial charge in [0.25, 0.3) is 0 Å². The van der Waals surface area contributed by atoms with Crippen molar-refractivity contribution in [2.75, 3.05) is 31.6 Å². The Balaban J connectivity index is 2.31. The Morgan fingerprint density at radius 3 is 2.48 bits per heavy atom. The summed E-state index contributed by atoms with van der Waals surface area (Å²) in [5.74, 6) is 0.848. The number of nitrogens with one attached hydrogen (secondary N) is 1. The number of hydrogen-bond donors (Lipinski definition) is 1. The second kappa shape index (κ2) is 6.60. The van der Waals surface area contributed by atoms with Crippen molar-refractivity contribution in [1.29, 1.82) is 0 Å². The third-order valence-corrected chi connectivity index (χ3v) is 6.74. The van der Waals surface area contributed by atoms with Crippen LogP contribution in [0.1, 0.15) is 25.6 Å². The van der Waals surface area contributed by atoms with Gasteiger partial charge in [0.2, 0.25) is 10.0 Å². The van der Waals surface area contributed by atoms with Crippen molar-refractivity contribution in [2.24, 2.45) is 0 Å². The highest BCUT2D eigenvalue weighted by Gasteiger charge is 2.29. The van der Waals surface area contributed by atoms with Gasteiger partial charge in [-0.2, -0.15) is 4.31 Å². The van der Waals surface area contributed by atoms with Crippen molar-refractivity contribution >= 4 is 20.8 Å².